The maximum absolute atomic E-state index is 13.0. The molecule has 0 spiro atoms. The Morgan fingerprint density at radius 2 is 1.61 bits per heavy atom. The van der Waals surface area contributed by atoms with Crippen LogP contribution in [0.1, 0.15) is 5.56 Å². The first-order valence-electron chi connectivity index (χ1n) is 6.40. The second kappa shape index (κ2) is 7.36. The summed E-state index contributed by atoms with van der Waals surface area (Å²) in [5.41, 5.74) is 0.203. The normalized spacial score (nSPS) is 12.0. The number of amides is 1. The number of hydrogen-bond acceptors (Lipinski definition) is 2. The third-order valence-electron chi connectivity index (χ3n) is 2.83. The molecule has 8 heteroatoms. The lowest BCUT2D eigenvalue weighted by molar-refractivity contribution is -0.118. The van der Waals surface area contributed by atoms with Crippen LogP contribution in [0.2, 0.25) is 0 Å². The van der Waals surface area contributed by atoms with Gasteiger partial charge in [0.1, 0.15) is 17.4 Å². The lowest BCUT2D eigenvalue weighted by Gasteiger charge is -2.06. The highest BCUT2D eigenvalue weighted by molar-refractivity contribution is 7.85. The van der Waals surface area contributed by atoms with Crippen molar-refractivity contribution in [1.82, 2.24) is 5.32 Å². The first-order valence-corrected chi connectivity index (χ1v) is 7.72. The summed E-state index contributed by atoms with van der Waals surface area (Å²) in [5, 5.41) is 2.35. The Bertz CT molecular complexity index is 747. The van der Waals surface area contributed by atoms with Gasteiger partial charge in [0, 0.05) is 17.5 Å². The third-order valence-corrected chi connectivity index (χ3v) is 4.13. The molecule has 0 aromatic heterocycles. The van der Waals surface area contributed by atoms with Gasteiger partial charge in [0.2, 0.25) is 5.91 Å². The van der Waals surface area contributed by atoms with Gasteiger partial charge < -0.3 is 5.32 Å². The summed E-state index contributed by atoms with van der Waals surface area (Å²) >= 11 is 0. The van der Waals surface area contributed by atoms with Gasteiger partial charge in [-0.1, -0.05) is 0 Å². The quantitative estimate of drug-likeness (QED) is 0.847. The van der Waals surface area contributed by atoms with Gasteiger partial charge in [0.25, 0.3) is 0 Å². The SMILES string of the molecule is O=C(C[S@](=O)c1ccc(F)c(F)c1)NCc1cc(F)cc(F)c1. The zero-order chi connectivity index (χ0) is 17.0. The van der Waals surface area contributed by atoms with E-state index in [1.165, 1.54) is 0 Å². The predicted octanol–water partition coefficient (Wildman–Crippen LogP) is 2.67. The Balaban J connectivity index is 1.93. The summed E-state index contributed by atoms with van der Waals surface area (Å²) in [4.78, 5) is 11.6. The largest absolute Gasteiger partial charge is 0.351 e. The number of carbonyl (C=O) groups is 1. The first kappa shape index (κ1) is 17.1. The number of carbonyl (C=O) groups excluding carboxylic acids is 1. The molecule has 0 heterocycles. The fourth-order valence-corrected chi connectivity index (χ4v) is 2.75. The molecule has 3 nitrogen and oxygen atoms in total. The predicted molar refractivity (Wildman–Crippen MR) is 75.8 cm³/mol. The van der Waals surface area contributed by atoms with Gasteiger partial charge in [-0.05, 0) is 35.9 Å². The Kier molecular flexibility index (Phi) is 5.49. The number of rotatable bonds is 5. The van der Waals surface area contributed by atoms with Gasteiger partial charge >= 0.3 is 0 Å². The smallest absolute Gasteiger partial charge is 0.233 e. The van der Waals surface area contributed by atoms with Crippen molar-refractivity contribution < 1.29 is 26.6 Å². The van der Waals surface area contributed by atoms with Crippen LogP contribution in [0.15, 0.2) is 41.3 Å². The Hall–Kier alpha value is -2.22. The lowest BCUT2D eigenvalue weighted by Crippen LogP contribution is -2.28. The summed E-state index contributed by atoms with van der Waals surface area (Å²) in [7, 11) is -1.87. The second-order valence-corrected chi connectivity index (χ2v) is 6.07. The van der Waals surface area contributed by atoms with E-state index in [2.05, 4.69) is 5.32 Å². The van der Waals surface area contributed by atoms with Crippen molar-refractivity contribution in [2.24, 2.45) is 0 Å². The molecule has 122 valence electrons. The molecule has 0 saturated carbocycles. The fraction of sp³-hybridized carbons (Fsp3) is 0.133. The van der Waals surface area contributed by atoms with Crippen LogP contribution in [0.4, 0.5) is 17.6 Å². The average molecular weight is 345 g/mol. The fourth-order valence-electron chi connectivity index (χ4n) is 1.79. The van der Waals surface area contributed by atoms with E-state index in [-0.39, 0.29) is 17.0 Å². The van der Waals surface area contributed by atoms with Crippen LogP contribution in [0.3, 0.4) is 0 Å². The number of hydrogen-bond donors (Lipinski definition) is 1. The van der Waals surface area contributed by atoms with Crippen LogP contribution in [0.5, 0.6) is 0 Å². The number of nitrogens with one attached hydrogen (secondary N) is 1. The topological polar surface area (TPSA) is 46.2 Å². The van der Waals surface area contributed by atoms with Gasteiger partial charge in [-0.3, -0.25) is 9.00 Å². The van der Waals surface area contributed by atoms with Crippen molar-refractivity contribution in [3.8, 4) is 0 Å². The van der Waals surface area contributed by atoms with E-state index in [0.717, 1.165) is 30.3 Å². The molecule has 0 radical (unpaired) electrons. The van der Waals surface area contributed by atoms with Crippen molar-refractivity contribution in [3.05, 3.63) is 65.2 Å². The van der Waals surface area contributed by atoms with E-state index < -0.39 is 45.7 Å². The summed E-state index contributed by atoms with van der Waals surface area (Å²) in [6.45, 7) is -0.150. The molecule has 1 amide bonds. The van der Waals surface area contributed by atoms with Gasteiger partial charge in [-0.25, -0.2) is 17.6 Å². The molecular weight excluding hydrogens is 334 g/mol. The van der Waals surface area contributed by atoms with Crippen molar-refractivity contribution in [2.75, 3.05) is 5.75 Å². The minimum absolute atomic E-state index is 0.0316. The van der Waals surface area contributed by atoms with E-state index in [1.54, 1.807) is 0 Å². The van der Waals surface area contributed by atoms with Crippen LogP contribution >= 0.6 is 0 Å². The first-order chi connectivity index (χ1) is 10.8. The van der Waals surface area contributed by atoms with E-state index in [1.807, 2.05) is 0 Å². The minimum atomic E-state index is -1.87. The average Bonchev–Trinajstić information content (AvgIpc) is 2.47. The van der Waals surface area contributed by atoms with E-state index in [9.17, 15) is 26.6 Å². The zero-order valence-corrected chi connectivity index (χ0v) is 12.4. The molecule has 0 fully saturated rings. The summed E-state index contributed by atoms with van der Waals surface area (Å²) in [5.74, 6) is -4.94. The molecule has 0 aliphatic heterocycles. The standard InChI is InChI=1S/C15H11F4NO2S/c16-10-3-9(4-11(17)5-10)7-20-15(21)8-23(22)12-1-2-13(18)14(19)6-12/h1-6H,7-8H2,(H,20,21)/t23-/m0/s1. The lowest BCUT2D eigenvalue weighted by atomic mass is 10.2. The molecule has 23 heavy (non-hydrogen) atoms. The number of benzene rings is 2. The highest BCUT2D eigenvalue weighted by atomic mass is 32.2. The highest BCUT2D eigenvalue weighted by Crippen LogP contribution is 2.12. The highest BCUT2D eigenvalue weighted by Gasteiger charge is 2.13. The van der Waals surface area contributed by atoms with Gasteiger partial charge in [-0.15, -0.1) is 0 Å². The molecular formula is C15H11F4NO2S. The second-order valence-electron chi connectivity index (χ2n) is 4.62. The maximum atomic E-state index is 13.0. The number of halogens is 4. The van der Waals surface area contributed by atoms with Crippen LogP contribution in [0.25, 0.3) is 0 Å². The monoisotopic (exact) mass is 345 g/mol. The van der Waals surface area contributed by atoms with Crippen LogP contribution in [-0.2, 0) is 22.1 Å². The summed E-state index contributed by atoms with van der Waals surface area (Å²) < 4.78 is 63.7. The molecule has 0 aliphatic carbocycles. The Labute approximate surface area is 131 Å². The molecule has 0 aliphatic rings. The van der Waals surface area contributed by atoms with Crippen molar-refractivity contribution >= 4 is 16.7 Å². The third kappa shape index (κ3) is 4.88. The Morgan fingerprint density at radius 1 is 0.957 bits per heavy atom. The van der Waals surface area contributed by atoms with Gasteiger partial charge in [-0.2, -0.15) is 0 Å². The van der Waals surface area contributed by atoms with E-state index in [0.29, 0.717) is 6.07 Å². The molecule has 1 N–H and O–H groups in total. The summed E-state index contributed by atoms with van der Waals surface area (Å²) in [6, 6.07) is 5.48. The zero-order valence-electron chi connectivity index (χ0n) is 11.6. The molecule has 1 atom stereocenters. The van der Waals surface area contributed by atoms with Crippen LogP contribution < -0.4 is 5.32 Å². The minimum Gasteiger partial charge on any atom is -0.351 e. The molecule has 0 bridgehead atoms. The van der Waals surface area contributed by atoms with Crippen molar-refractivity contribution in [2.45, 2.75) is 11.4 Å². The molecule has 0 unspecified atom stereocenters. The van der Waals surface area contributed by atoms with Crippen molar-refractivity contribution in [1.29, 1.82) is 0 Å². The van der Waals surface area contributed by atoms with Crippen LogP contribution in [0, 0.1) is 23.3 Å². The van der Waals surface area contributed by atoms with Crippen LogP contribution in [-0.4, -0.2) is 15.9 Å². The molecule has 2 aromatic carbocycles. The van der Waals surface area contributed by atoms with Crippen molar-refractivity contribution in [3.63, 3.8) is 0 Å². The molecule has 2 rings (SSSR count). The summed E-state index contributed by atoms with van der Waals surface area (Å²) in [6.07, 6.45) is 0. The maximum Gasteiger partial charge on any atom is 0.233 e. The van der Waals surface area contributed by atoms with Gasteiger partial charge in [0.05, 0.1) is 10.8 Å². The molecule has 2 aromatic rings. The van der Waals surface area contributed by atoms with E-state index >= 15 is 0 Å². The van der Waals surface area contributed by atoms with Gasteiger partial charge in [0.15, 0.2) is 11.6 Å². The Morgan fingerprint density at radius 3 is 2.22 bits per heavy atom. The molecule has 0 saturated heterocycles. The van der Waals surface area contributed by atoms with E-state index in [4.69, 9.17) is 0 Å².